The summed E-state index contributed by atoms with van der Waals surface area (Å²) in [5.74, 6) is -0.587. The minimum Gasteiger partial charge on any atom is -0.467 e. The topological polar surface area (TPSA) is 55.4 Å². The van der Waals surface area contributed by atoms with E-state index in [0.29, 0.717) is 0 Å². The molecule has 0 aliphatic carbocycles. The molecule has 0 aliphatic heterocycles. The number of ether oxygens (including phenoxy) is 1. The van der Waals surface area contributed by atoms with E-state index >= 15 is 0 Å². The van der Waals surface area contributed by atoms with E-state index in [-0.39, 0.29) is 18.2 Å². The molecule has 4 heteroatoms. The Hall–Kier alpha value is -1.84. The largest absolute Gasteiger partial charge is 0.467 e. The monoisotopic (exact) mass is 263 g/mol. The average molecular weight is 263 g/mol. The van der Waals surface area contributed by atoms with Crippen LogP contribution < -0.4 is 5.32 Å². The fourth-order valence-corrected chi connectivity index (χ4v) is 1.86. The predicted molar refractivity (Wildman–Crippen MR) is 73.7 cm³/mol. The van der Waals surface area contributed by atoms with Crippen molar-refractivity contribution in [3.63, 3.8) is 0 Å². The van der Waals surface area contributed by atoms with Crippen LogP contribution in [0, 0.1) is 12.8 Å². The van der Waals surface area contributed by atoms with Crippen LogP contribution in [0.4, 0.5) is 0 Å². The zero-order valence-corrected chi connectivity index (χ0v) is 11.9. The van der Waals surface area contributed by atoms with E-state index in [1.54, 1.807) is 0 Å². The van der Waals surface area contributed by atoms with Crippen LogP contribution in [0.2, 0.25) is 0 Å². The molecule has 1 rings (SSSR count). The van der Waals surface area contributed by atoms with Crippen molar-refractivity contribution in [1.29, 1.82) is 0 Å². The van der Waals surface area contributed by atoms with E-state index in [1.807, 2.05) is 45.0 Å². The Bertz CT molecular complexity index is 454. The van der Waals surface area contributed by atoms with Gasteiger partial charge in [-0.15, -0.1) is 0 Å². The van der Waals surface area contributed by atoms with Crippen molar-refractivity contribution in [1.82, 2.24) is 5.32 Å². The van der Waals surface area contributed by atoms with Crippen LogP contribution >= 0.6 is 0 Å². The van der Waals surface area contributed by atoms with Crippen LogP contribution in [-0.2, 0) is 20.7 Å². The fraction of sp³-hybridized carbons (Fsp3) is 0.467. The number of benzene rings is 1. The van der Waals surface area contributed by atoms with Crippen LogP contribution in [-0.4, -0.2) is 25.0 Å². The van der Waals surface area contributed by atoms with Crippen LogP contribution in [0.25, 0.3) is 0 Å². The highest BCUT2D eigenvalue weighted by Crippen LogP contribution is 2.07. The normalized spacial score (nSPS) is 12.1. The third-order valence-corrected chi connectivity index (χ3v) is 2.89. The molecule has 0 saturated carbocycles. The number of nitrogens with one attached hydrogen (secondary N) is 1. The second kappa shape index (κ2) is 6.92. The summed E-state index contributed by atoms with van der Waals surface area (Å²) in [4.78, 5) is 23.5. The van der Waals surface area contributed by atoms with E-state index in [0.717, 1.165) is 11.1 Å². The lowest BCUT2D eigenvalue weighted by Crippen LogP contribution is -2.45. The van der Waals surface area contributed by atoms with Gasteiger partial charge < -0.3 is 10.1 Å². The van der Waals surface area contributed by atoms with Crippen LogP contribution in [0.5, 0.6) is 0 Å². The first-order chi connectivity index (χ1) is 8.93. The van der Waals surface area contributed by atoms with E-state index < -0.39 is 12.0 Å². The zero-order chi connectivity index (χ0) is 14.4. The van der Waals surface area contributed by atoms with Crippen molar-refractivity contribution in [3.05, 3.63) is 35.4 Å². The van der Waals surface area contributed by atoms with Crippen molar-refractivity contribution < 1.29 is 14.3 Å². The van der Waals surface area contributed by atoms with E-state index in [9.17, 15) is 9.59 Å². The molecule has 0 aliphatic rings. The number of amides is 1. The Balaban J connectivity index is 2.65. The van der Waals surface area contributed by atoms with Gasteiger partial charge in [0.1, 0.15) is 6.04 Å². The van der Waals surface area contributed by atoms with Crippen LogP contribution in [0.3, 0.4) is 0 Å². The minimum absolute atomic E-state index is 0.00564. The molecule has 0 spiro atoms. The number of aryl methyl sites for hydroxylation is 1. The second-order valence-corrected chi connectivity index (χ2v) is 4.98. The smallest absolute Gasteiger partial charge is 0.328 e. The summed E-state index contributed by atoms with van der Waals surface area (Å²) in [5.41, 5.74) is 2.04. The number of hydrogen-bond acceptors (Lipinski definition) is 3. The molecule has 0 radical (unpaired) electrons. The van der Waals surface area contributed by atoms with Gasteiger partial charge in [0, 0.05) is 0 Å². The Morgan fingerprint density at radius 2 is 2.00 bits per heavy atom. The van der Waals surface area contributed by atoms with Gasteiger partial charge >= 0.3 is 5.97 Å². The summed E-state index contributed by atoms with van der Waals surface area (Å²) in [5, 5.41) is 2.72. The summed E-state index contributed by atoms with van der Waals surface area (Å²) in [6, 6.07) is 7.16. The van der Waals surface area contributed by atoms with Crippen molar-refractivity contribution in [2.45, 2.75) is 33.2 Å². The molecule has 0 aromatic heterocycles. The number of rotatable bonds is 5. The molecule has 0 bridgehead atoms. The predicted octanol–water partition coefficient (Wildman–Crippen LogP) is 1.85. The molecule has 1 aromatic rings. The van der Waals surface area contributed by atoms with Crippen LogP contribution in [0.1, 0.15) is 25.0 Å². The third-order valence-electron chi connectivity index (χ3n) is 2.89. The van der Waals surface area contributed by atoms with Crippen molar-refractivity contribution in [3.8, 4) is 0 Å². The first-order valence-corrected chi connectivity index (χ1v) is 6.36. The number of methoxy groups -OCH3 is 1. The lowest BCUT2D eigenvalue weighted by molar-refractivity contribution is -0.146. The van der Waals surface area contributed by atoms with Gasteiger partial charge in [0.2, 0.25) is 5.91 Å². The maximum absolute atomic E-state index is 11.9. The maximum Gasteiger partial charge on any atom is 0.328 e. The molecule has 0 heterocycles. The Kier molecular flexibility index (Phi) is 5.55. The molecule has 19 heavy (non-hydrogen) atoms. The number of carbonyl (C=O) groups excluding carboxylic acids is 2. The molecule has 104 valence electrons. The van der Waals surface area contributed by atoms with E-state index in [4.69, 9.17) is 4.74 Å². The van der Waals surface area contributed by atoms with Gasteiger partial charge in [0.15, 0.2) is 0 Å². The van der Waals surface area contributed by atoms with Crippen molar-refractivity contribution >= 4 is 11.9 Å². The standard InChI is InChI=1S/C15H21NO3/c1-10(2)14(15(18)19-4)16-13(17)9-12-7-5-6-11(3)8-12/h5-8,10,14H,9H2,1-4H3,(H,16,17). The van der Waals surface area contributed by atoms with Crippen molar-refractivity contribution in [2.24, 2.45) is 5.92 Å². The molecular formula is C15H21NO3. The molecule has 0 fully saturated rings. The maximum atomic E-state index is 11.9. The first kappa shape index (κ1) is 15.2. The lowest BCUT2D eigenvalue weighted by atomic mass is 10.0. The molecule has 1 amide bonds. The highest BCUT2D eigenvalue weighted by molar-refractivity contribution is 5.85. The fourth-order valence-electron chi connectivity index (χ4n) is 1.86. The number of esters is 1. The third kappa shape index (κ3) is 4.73. The first-order valence-electron chi connectivity index (χ1n) is 6.36. The minimum atomic E-state index is -0.595. The van der Waals surface area contributed by atoms with Crippen LogP contribution in [0.15, 0.2) is 24.3 Å². The molecule has 1 aromatic carbocycles. The van der Waals surface area contributed by atoms with E-state index in [1.165, 1.54) is 7.11 Å². The van der Waals surface area contributed by atoms with Gasteiger partial charge in [-0.1, -0.05) is 43.7 Å². The SMILES string of the molecule is COC(=O)C(NC(=O)Cc1cccc(C)c1)C(C)C. The van der Waals surface area contributed by atoms with Gasteiger partial charge in [-0.2, -0.15) is 0 Å². The van der Waals surface area contributed by atoms with Gasteiger partial charge in [-0.05, 0) is 18.4 Å². The summed E-state index contributed by atoms with van der Waals surface area (Å²) < 4.78 is 4.69. The van der Waals surface area contributed by atoms with Gasteiger partial charge in [-0.3, -0.25) is 4.79 Å². The Morgan fingerprint density at radius 1 is 1.32 bits per heavy atom. The second-order valence-electron chi connectivity index (χ2n) is 4.98. The van der Waals surface area contributed by atoms with E-state index in [2.05, 4.69) is 5.32 Å². The van der Waals surface area contributed by atoms with Crippen molar-refractivity contribution in [2.75, 3.05) is 7.11 Å². The highest BCUT2D eigenvalue weighted by Gasteiger charge is 2.24. The quantitative estimate of drug-likeness (QED) is 0.825. The van der Waals surface area contributed by atoms with Gasteiger partial charge in [0.25, 0.3) is 0 Å². The molecule has 1 N–H and O–H groups in total. The summed E-state index contributed by atoms with van der Waals surface area (Å²) in [7, 11) is 1.32. The molecule has 0 saturated heterocycles. The highest BCUT2D eigenvalue weighted by atomic mass is 16.5. The molecule has 4 nitrogen and oxygen atoms in total. The summed E-state index contributed by atoms with van der Waals surface area (Å²) >= 11 is 0. The lowest BCUT2D eigenvalue weighted by Gasteiger charge is -2.19. The summed E-state index contributed by atoms with van der Waals surface area (Å²) in [6.45, 7) is 5.72. The van der Waals surface area contributed by atoms with Gasteiger partial charge in [-0.25, -0.2) is 4.79 Å². The molecule has 1 atom stereocenters. The Morgan fingerprint density at radius 3 is 2.53 bits per heavy atom. The Labute approximate surface area is 114 Å². The number of hydrogen-bond donors (Lipinski definition) is 1. The molecular weight excluding hydrogens is 242 g/mol. The average Bonchev–Trinajstić information content (AvgIpc) is 2.34. The molecule has 1 unspecified atom stereocenters. The zero-order valence-electron chi connectivity index (χ0n) is 11.9. The number of carbonyl (C=O) groups is 2. The summed E-state index contributed by atoms with van der Waals surface area (Å²) in [6.07, 6.45) is 0.266. The van der Waals surface area contributed by atoms with Gasteiger partial charge in [0.05, 0.1) is 13.5 Å².